The summed E-state index contributed by atoms with van der Waals surface area (Å²) in [5.74, 6) is 0.665. The molecule has 0 radical (unpaired) electrons. The molecule has 0 saturated carbocycles. The number of fused-ring (bicyclic) bond motifs is 1. The number of carbonyl (C=O) groups excluding carboxylic acids is 2. The highest BCUT2D eigenvalue weighted by molar-refractivity contribution is 8.04. The summed E-state index contributed by atoms with van der Waals surface area (Å²) >= 11 is 1.33. The van der Waals surface area contributed by atoms with Crippen molar-refractivity contribution in [2.75, 3.05) is 40.3 Å². The van der Waals surface area contributed by atoms with E-state index in [0.29, 0.717) is 27.7 Å². The highest BCUT2D eigenvalue weighted by atomic mass is 32.2. The quantitative estimate of drug-likeness (QED) is 0.477. The molecule has 31 heavy (non-hydrogen) atoms. The molecule has 0 atom stereocenters. The van der Waals surface area contributed by atoms with E-state index in [1.54, 1.807) is 50.6 Å². The van der Waals surface area contributed by atoms with Crippen LogP contribution in [0.2, 0.25) is 0 Å². The van der Waals surface area contributed by atoms with Crippen molar-refractivity contribution in [2.24, 2.45) is 0 Å². The van der Waals surface area contributed by atoms with Crippen LogP contribution in [0.4, 0.5) is 5.69 Å². The van der Waals surface area contributed by atoms with Gasteiger partial charge in [-0.3, -0.25) is 9.59 Å². The number of amides is 2. The molecule has 0 aliphatic carbocycles. The van der Waals surface area contributed by atoms with Crippen molar-refractivity contribution < 1.29 is 28.5 Å². The van der Waals surface area contributed by atoms with Crippen molar-refractivity contribution >= 4 is 35.3 Å². The van der Waals surface area contributed by atoms with Crippen LogP contribution in [0.25, 0.3) is 6.08 Å². The first-order valence-corrected chi connectivity index (χ1v) is 10.2. The van der Waals surface area contributed by atoms with E-state index in [4.69, 9.17) is 18.9 Å². The van der Waals surface area contributed by atoms with Gasteiger partial charge in [0.25, 0.3) is 11.8 Å². The van der Waals surface area contributed by atoms with Gasteiger partial charge in [-0.15, -0.1) is 0 Å². The van der Waals surface area contributed by atoms with E-state index >= 15 is 0 Å². The molecule has 9 heteroatoms. The fourth-order valence-corrected chi connectivity index (χ4v) is 3.87. The van der Waals surface area contributed by atoms with Crippen molar-refractivity contribution in [3.8, 4) is 11.5 Å². The number of benzene rings is 2. The maximum Gasteiger partial charge on any atom is 0.262 e. The van der Waals surface area contributed by atoms with Gasteiger partial charge in [0.2, 0.25) is 0 Å². The molecule has 0 spiro atoms. The Morgan fingerprint density at radius 1 is 1.06 bits per heavy atom. The van der Waals surface area contributed by atoms with Gasteiger partial charge in [-0.1, -0.05) is 17.8 Å². The Kier molecular flexibility index (Phi) is 7.56. The number of anilines is 1. The lowest BCUT2D eigenvalue weighted by molar-refractivity contribution is -0.112. The number of rotatable bonds is 8. The molecule has 0 fully saturated rings. The number of hydrogen-bond acceptors (Lipinski definition) is 7. The van der Waals surface area contributed by atoms with Crippen LogP contribution in [0.5, 0.6) is 11.5 Å². The molecule has 2 N–H and O–H groups in total. The van der Waals surface area contributed by atoms with Crippen LogP contribution in [-0.4, -0.2) is 53.1 Å². The molecule has 2 amide bonds. The lowest BCUT2D eigenvalue weighted by Crippen LogP contribution is -2.34. The molecule has 2 aromatic rings. The van der Waals surface area contributed by atoms with Gasteiger partial charge in [0.05, 0.1) is 31.4 Å². The second-order valence-corrected chi connectivity index (χ2v) is 7.58. The van der Waals surface area contributed by atoms with Gasteiger partial charge in [-0.25, -0.2) is 0 Å². The van der Waals surface area contributed by atoms with E-state index in [2.05, 4.69) is 10.6 Å². The normalized spacial score (nSPS) is 14.2. The number of thioether (sulfide) groups is 1. The minimum absolute atomic E-state index is 0.211. The molecule has 0 saturated heterocycles. The molecular weight excluding hydrogens is 420 g/mol. The van der Waals surface area contributed by atoms with Crippen LogP contribution in [0, 0.1) is 0 Å². The smallest absolute Gasteiger partial charge is 0.262 e. The van der Waals surface area contributed by atoms with Gasteiger partial charge in [0.15, 0.2) is 17.8 Å². The van der Waals surface area contributed by atoms with Gasteiger partial charge in [0, 0.05) is 24.7 Å². The van der Waals surface area contributed by atoms with Gasteiger partial charge in [-0.05, 0) is 42.0 Å². The van der Waals surface area contributed by atoms with E-state index < -0.39 is 6.29 Å². The zero-order valence-electron chi connectivity index (χ0n) is 17.7. The van der Waals surface area contributed by atoms with Crippen LogP contribution in [0.15, 0.2) is 46.2 Å². The molecule has 1 aliphatic rings. The van der Waals surface area contributed by atoms with Crippen LogP contribution < -0.4 is 20.1 Å². The zero-order valence-corrected chi connectivity index (χ0v) is 18.5. The first-order chi connectivity index (χ1) is 15.0. The first-order valence-electron chi connectivity index (χ1n) is 9.39. The van der Waals surface area contributed by atoms with Gasteiger partial charge in [0.1, 0.15) is 0 Å². The molecule has 1 aliphatic heterocycles. The molecule has 8 nitrogen and oxygen atoms in total. The summed E-state index contributed by atoms with van der Waals surface area (Å²) < 4.78 is 20.7. The second-order valence-electron chi connectivity index (χ2n) is 6.50. The minimum atomic E-state index is -0.527. The zero-order chi connectivity index (χ0) is 22.4. The van der Waals surface area contributed by atoms with Crippen LogP contribution in [0.1, 0.15) is 15.9 Å². The fourth-order valence-electron chi connectivity index (χ4n) is 2.94. The average Bonchev–Trinajstić information content (AvgIpc) is 2.79. The predicted octanol–water partition coefficient (Wildman–Crippen LogP) is 3.14. The Labute approximate surface area is 184 Å². The van der Waals surface area contributed by atoms with Gasteiger partial charge >= 0.3 is 0 Å². The first kappa shape index (κ1) is 22.7. The summed E-state index contributed by atoms with van der Waals surface area (Å²) in [6.07, 6.45) is 1.25. The summed E-state index contributed by atoms with van der Waals surface area (Å²) in [6, 6.07) is 10.6. The molecule has 1 heterocycles. The Morgan fingerprint density at radius 3 is 2.48 bits per heavy atom. The number of hydrogen-bond donors (Lipinski definition) is 2. The third-order valence-electron chi connectivity index (χ3n) is 4.59. The number of nitrogens with one attached hydrogen (secondary N) is 2. The third kappa shape index (κ3) is 5.38. The Morgan fingerprint density at radius 2 is 1.81 bits per heavy atom. The summed E-state index contributed by atoms with van der Waals surface area (Å²) in [5.41, 5.74) is 1.82. The Balaban J connectivity index is 1.76. The topological polar surface area (TPSA) is 95.1 Å². The fraction of sp³-hybridized carbons (Fsp3) is 0.273. The van der Waals surface area contributed by atoms with Crippen molar-refractivity contribution in [1.82, 2.24) is 5.32 Å². The van der Waals surface area contributed by atoms with E-state index in [1.807, 2.05) is 6.07 Å². The van der Waals surface area contributed by atoms with E-state index in [9.17, 15) is 9.59 Å². The average molecular weight is 445 g/mol. The highest BCUT2D eigenvalue weighted by Crippen LogP contribution is 2.40. The summed E-state index contributed by atoms with van der Waals surface area (Å²) in [4.78, 5) is 26.4. The molecule has 0 unspecified atom stereocenters. The van der Waals surface area contributed by atoms with E-state index in [1.165, 1.54) is 26.0 Å². The van der Waals surface area contributed by atoms with Crippen LogP contribution in [-0.2, 0) is 14.3 Å². The van der Waals surface area contributed by atoms with E-state index in [-0.39, 0.29) is 18.4 Å². The summed E-state index contributed by atoms with van der Waals surface area (Å²) in [6.45, 7) is 0.211. The highest BCUT2D eigenvalue weighted by Gasteiger charge is 2.22. The maximum atomic E-state index is 12.6. The maximum absolute atomic E-state index is 12.6. The second kappa shape index (κ2) is 10.3. The molecule has 164 valence electrons. The lowest BCUT2D eigenvalue weighted by atomic mass is 10.1. The van der Waals surface area contributed by atoms with Crippen LogP contribution >= 0.6 is 11.8 Å². The summed E-state index contributed by atoms with van der Waals surface area (Å²) in [7, 11) is 6.13. The number of carbonyl (C=O) groups is 2. The van der Waals surface area contributed by atoms with Crippen molar-refractivity contribution in [1.29, 1.82) is 0 Å². The molecular formula is C22H24N2O6S. The molecule has 3 rings (SSSR count). The molecule has 0 aromatic heterocycles. The molecule has 2 aromatic carbocycles. The van der Waals surface area contributed by atoms with E-state index in [0.717, 1.165) is 10.5 Å². The Bertz CT molecular complexity index is 1000. The monoisotopic (exact) mass is 444 g/mol. The van der Waals surface area contributed by atoms with Gasteiger partial charge in [-0.2, -0.15) is 0 Å². The lowest BCUT2D eigenvalue weighted by Gasteiger charge is -2.20. The Hall–Kier alpha value is -3.01. The standard InChI is InChI=1S/C22H24N2O6S/c1-27-16-7-5-13(9-17(16)28-2)10-19-22(26)24-15-11-14(6-8-18(15)31-19)21(25)23-12-20(29-3)30-4/h5-11,20H,12H2,1-4H3,(H,23,25)(H,24,26). The van der Waals surface area contributed by atoms with Crippen LogP contribution in [0.3, 0.4) is 0 Å². The van der Waals surface area contributed by atoms with Crippen molar-refractivity contribution in [3.05, 3.63) is 52.4 Å². The van der Waals surface area contributed by atoms with Gasteiger partial charge < -0.3 is 29.6 Å². The molecule has 0 bridgehead atoms. The number of ether oxygens (including phenoxy) is 4. The predicted molar refractivity (Wildman–Crippen MR) is 119 cm³/mol. The number of methoxy groups -OCH3 is 4. The van der Waals surface area contributed by atoms with Crippen molar-refractivity contribution in [2.45, 2.75) is 11.2 Å². The SMILES string of the molecule is COc1ccc(C=C2Sc3ccc(C(=O)NCC(OC)OC)cc3NC2=O)cc1OC. The summed E-state index contributed by atoms with van der Waals surface area (Å²) in [5, 5.41) is 5.59. The van der Waals surface area contributed by atoms with Crippen molar-refractivity contribution in [3.63, 3.8) is 0 Å². The third-order valence-corrected chi connectivity index (χ3v) is 5.69. The largest absolute Gasteiger partial charge is 0.493 e. The minimum Gasteiger partial charge on any atom is -0.493 e.